The van der Waals surface area contributed by atoms with Crippen molar-refractivity contribution in [1.29, 1.82) is 0 Å². The Labute approximate surface area is 104 Å². The third kappa shape index (κ3) is 3.20. The Bertz CT molecular complexity index is 351. The van der Waals surface area contributed by atoms with E-state index in [2.05, 4.69) is 15.9 Å². The molecule has 0 bridgehead atoms. The van der Waals surface area contributed by atoms with Gasteiger partial charge >= 0.3 is 0 Å². The fourth-order valence-electron chi connectivity index (χ4n) is 1.79. The summed E-state index contributed by atoms with van der Waals surface area (Å²) in [6.07, 6.45) is 2.48. The summed E-state index contributed by atoms with van der Waals surface area (Å²) in [5.74, 6) is 0.852. The first-order chi connectivity index (χ1) is 7.78. The van der Waals surface area contributed by atoms with Crippen LogP contribution in [0.1, 0.15) is 18.4 Å². The minimum atomic E-state index is 0.250. The predicted molar refractivity (Wildman–Crippen MR) is 66.5 cm³/mol. The largest absolute Gasteiger partial charge is 0.491 e. The number of benzene rings is 1. The van der Waals surface area contributed by atoms with Gasteiger partial charge in [-0.1, -0.05) is 15.9 Å². The van der Waals surface area contributed by atoms with Crippen LogP contribution in [0.2, 0.25) is 0 Å². The maximum absolute atomic E-state index is 5.70. The minimum absolute atomic E-state index is 0.250. The van der Waals surface area contributed by atoms with Crippen LogP contribution in [0.3, 0.4) is 0 Å². The van der Waals surface area contributed by atoms with Crippen LogP contribution in [0.4, 0.5) is 0 Å². The summed E-state index contributed by atoms with van der Waals surface area (Å²) in [5, 5.41) is 0. The van der Waals surface area contributed by atoms with Crippen molar-refractivity contribution in [1.82, 2.24) is 0 Å². The maximum atomic E-state index is 5.70. The Hall–Kier alpha value is -0.580. The van der Waals surface area contributed by atoms with Gasteiger partial charge in [0.15, 0.2) is 0 Å². The summed E-state index contributed by atoms with van der Waals surface area (Å²) in [6, 6.07) is 5.92. The molecule has 0 aromatic heterocycles. The average molecular weight is 286 g/mol. The van der Waals surface area contributed by atoms with Crippen molar-refractivity contribution in [3.05, 3.63) is 28.2 Å². The summed E-state index contributed by atoms with van der Waals surface area (Å²) < 4.78 is 12.2. The quantitative estimate of drug-likeness (QED) is 0.924. The van der Waals surface area contributed by atoms with Gasteiger partial charge in [-0.25, -0.2) is 0 Å². The van der Waals surface area contributed by atoms with E-state index >= 15 is 0 Å². The molecule has 1 aromatic carbocycles. The highest BCUT2D eigenvalue weighted by Crippen LogP contribution is 2.22. The van der Waals surface area contributed by atoms with Gasteiger partial charge in [0.25, 0.3) is 0 Å². The Morgan fingerprint density at radius 2 is 2.31 bits per heavy atom. The lowest BCUT2D eigenvalue weighted by molar-refractivity contribution is 0.0679. The second kappa shape index (κ2) is 5.66. The first-order valence-corrected chi connectivity index (χ1v) is 6.31. The molecule has 2 rings (SSSR count). The van der Waals surface area contributed by atoms with Crippen LogP contribution in [-0.2, 0) is 11.3 Å². The van der Waals surface area contributed by atoms with Crippen molar-refractivity contribution in [2.45, 2.75) is 25.5 Å². The van der Waals surface area contributed by atoms with E-state index in [9.17, 15) is 0 Å². The number of ether oxygens (including phenoxy) is 2. The molecule has 0 amide bonds. The Balaban J connectivity index is 1.94. The van der Waals surface area contributed by atoms with Gasteiger partial charge < -0.3 is 15.2 Å². The molecule has 0 radical (unpaired) electrons. The van der Waals surface area contributed by atoms with Crippen LogP contribution in [-0.4, -0.2) is 19.3 Å². The van der Waals surface area contributed by atoms with Gasteiger partial charge in [0.1, 0.15) is 12.4 Å². The molecule has 1 aliphatic rings. The van der Waals surface area contributed by atoms with E-state index < -0.39 is 0 Å². The molecule has 3 nitrogen and oxygen atoms in total. The molecule has 1 atom stereocenters. The number of nitrogens with two attached hydrogens (primary N) is 1. The van der Waals surface area contributed by atoms with Crippen molar-refractivity contribution >= 4 is 15.9 Å². The number of hydrogen-bond acceptors (Lipinski definition) is 3. The molecule has 2 N–H and O–H groups in total. The second-order valence-corrected chi connectivity index (χ2v) is 4.86. The van der Waals surface area contributed by atoms with E-state index in [0.29, 0.717) is 13.2 Å². The molecule has 4 heteroatoms. The van der Waals surface area contributed by atoms with Gasteiger partial charge in [0.05, 0.1) is 6.10 Å². The van der Waals surface area contributed by atoms with Crippen molar-refractivity contribution in [2.75, 3.05) is 13.2 Å². The monoisotopic (exact) mass is 285 g/mol. The van der Waals surface area contributed by atoms with E-state index in [1.165, 1.54) is 0 Å². The van der Waals surface area contributed by atoms with Crippen LogP contribution in [0, 0.1) is 0 Å². The van der Waals surface area contributed by atoms with E-state index in [4.69, 9.17) is 15.2 Å². The predicted octanol–water partition coefficient (Wildman–Crippen LogP) is 2.47. The minimum Gasteiger partial charge on any atom is -0.491 e. The van der Waals surface area contributed by atoms with Crippen molar-refractivity contribution in [2.24, 2.45) is 5.73 Å². The normalized spacial score (nSPS) is 20.0. The Kier molecular flexibility index (Phi) is 4.21. The van der Waals surface area contributed by atoms with Gasteiger partial charge in [0, 0.05) is 17.6 Å². The van der Waals surface area contributed by atoms with Gasteiger partial charge in [-0.3, -0.25) is 0 Å². The molecule has 1 saturated heterocycles. The van der Waals surface area contributed by atoms with Crippen LogP contribution in [0.25, 0.3) is 0 Å². The molecular formula is C12H16BrNO2. The average Bonchev–Trinajstić information content (AvgIpc) is 2.78. The van der Waals surface area contributed by atoms with Crippen molar-refractivity contribution in [3.63, 3.8) is 0 Å². The fraction of sp³-hybridized carbons (Fsp3) is 0.500. The summed E-state index contributed by atoms with van der Waals surface area (Å²) in [5.41, 5.74) is 6.67. The second-order valence-electron chi connectivity index (χ2n) is 3.95. The first kappa shape index (κ1) is 11.9. The van der Waals surface area contributed by atoms with Crippen molar-refractivity contribution < 1.29 is 9.47 Å². The number of halogens is 1. The molecule has 16 heavy (non-hydrogen) atoms. The highest BCUT2D eigenvalue weighted by atomic mass is 79.9. The number of rotatable bonds is 4. The third-order valence-electron chi connectivity index (χ3n) is 2.63. The molecule has 1 heterocycles. The highest BCUT2D eigenvalue weighted by molar-refractivity contribution is 9.10. The SMILES string of the molecule is NCc1cc(Br)cc(OCC2CCCO2)c1. The zero-order valence-electron chi connectivity index (χ0n) is 9.12. The lowest BCUT2D eigenvalue weighted by atomic mass is 10.2. The maximum Gasteiger partial charge on any atom is 0.120 e. The molecule has 0 saturated carbocycles. The molecule has 88 valence electrons. The van der Waals surface area contributed by atoms with Crippen LogP contribution in [0.15, 0.2) is 22.7 Å². The van der Waals surface area contributed by atoms with Crippen molar-refractivity contribution in [3.8, 4) is 5.75 Å². The molecule has 1 fully saturated rings. The van der Waals surface area contributed by atoms with E-state index in [1.54, 1.807) is 0 Å². The topological polar surface area (TPSA) is 44.5 Å². The highest BCUT2D eigenvalue weighted by Gasteiger charge is 2.16. The van der Waals surface area contributed by atoms with E-state index in [-0.39, 0.29) is 6.10 Å². The van der Waals surface area contributed by atoms with Gasteiger partial charge in [-0.15, -0.1) is 0 Å². The lowest BCUT2D eigenvalue weighted by Crippen LogP contribution is -2.16. The van der Waals surface area contributed by atoms with Gasteiger partial charge in [0.2, 0.25) is 0 Å². The Morgan fingerprint density at radius 3 is 3.00 bits per heavy atom. The molecule has 0 spiro atoms. The summed E-state index contributed by atoms with van der Waals surface area (Å²) in [4.78, 5) is 0. The lowest BCUT2D eigenvalue weighted by Gasteiger charge is -2.12. The first-order valence-electron chi connectivity index (χ1n) is 5.52. The molecule has 1 aromatic rings. The number of hydrogen-bond donors (Lipinski definition) is 1. The zero-order valence-corrected chi connectivity index (χ0v) is 10.7. The smallest absolute Gasteiger partial charge is 0.120 e. The van der Waals surface area contributed by atoms with E-state index in [0.717, 1.165) is 35.2 Å². The standard InChI is InChI=1S/C12H16BrNO2/c13-10-4-9(7-14)5-12(6-10)16-8-11-2-1-3-15-11/h4-6,11H,1-3,7-8,14H2. The molecular weight excluding hydrogens is 270 g/mol. The van der Waals surface area contributed by atoms with E-state index in [1.807, 2.05) is 18.2 Å². The summed E-state index contributed by atoms with van der Waals surface area (Å²) >= 11 is 3.44. The van der Waals surface area contributed by atoms with Crippen LogP contribution < -0.4 is 10.5 Å². The van der Waals surface area contributed by atoms with Crippen LogP contribution in [0.5, 0.6) is 5.75 Å². The zero-order chi connectivity index (χ0) is 11.4. The Morgan fingerprint density at radius 1 is 1.44 bits per heavy atom. The fourth-order valence-corrected chi connectivity index (χ4v) is 2.31. The molecule has 1 aliphatic heterocycles. The van der Waals surface area contributed by atoms with Gasteiger partial charge in [-0.05, 0) is 36.6 Å². The van der Waals surface area contributed by atoms with Crippen LogP contribution >= 0.6 is 15.9 Å². The third-order valence-corrected chi connectivity index (χ3v) is 3.08. The summed E-state index contributed by atoms with van der Waals surface area (Å²) in [7, 11) is 0. The van der Waals surface area contributed by atoms with Gasteiger partial charge in [-0.2, -0.15) is 0 Å². The summed E-state index contributed by atoms with van der Waals surface area (Å²) in [6.45, 7) is 2.01. The molecule has 1 unspecified atom stereocenters. The molecule has 0 aliphatic carbocycles.